The molecule has 2 saturated carbocycles. The first kappa shape index (κ1) is 16.4. The SMILES string of the molecule is COc1c(F)ccc(C(O)=C(C=NC2CC2)C(=O)NC2CC2)c1F. The number of hydrogen-bond acceptors (Lipinski definition) is 4. The Kier molecular flexibility index (Phi) is 4.51. The van der Waals surface area contributed by atoms with Crippen molar-refractivity contribution in [2.45, 2.75) is 37.8 Å². The lowest BCUT2D eigenvalue weighted by atomic mass is 10.1. The van der Waals surface area contributed by atoms with Crippen LogP contribution in [0, 0.1) is 11.6 Å². The molecule has 1 aromatic rings. The number of carbonyl (C=O) groups is 1. The van der Waals surface area contributed by atoms with E-state index in [1.54, 1.807) is 0 Å². The van der Waals surface area contributed by atoms with Crippen LogP contribution in [0.3, 0.4) is 0 Å². The lowest BCUT2D eigenvalue weighted by Crippen LogP contribution is -2.28. The van der Waals surface area contributed by atoms with Crippen molar-refractivity contribution in [3.8, 4) is 5.75 Å². The molecule has 0 unspecified atom stereocenters. The van der Waals surface area contributed by atoms with Gasteiger partial charge in [-0.05, 0) is 37.8 Å². The molecule has 3 rings (SSSR count). The zero-order chi connectivity index (χ0) is 17.3. The molecule has 0 aliphatic heterocycles. The van der Waals surface area contributed by atoms with Gasteiger partial charge < -0.3 is 15.2 Å². The van der Waals surface area contributed by atoms with Crippen molar-refractivity contribution in [3.05, 3.63) is 34.9 Å². The number of nitrogens with zero attached hydrogens (tertiary/aromatic N) is 1. The number of halogens is 2. The second-order valence-corrected chi connectivity index (χ2v) is 5.96. The first-order chi connectivity index (χ1) is 11.5. The summed E-state index contributed by atoms with van der Waals surface area (Å²) in [6, 6.07) is 2.25. The van der Waals surface area contributed by atoms with E-state index in [9.17, 15) is 18.7 Å². The summed E-state index contributed by atoms with van der Waals surface area (Å²) in [6.07, 6.45) is 4.86. The van der Waals surface area contributed by atoms with Crippen LogP contribution < -0.4 is 10.1 Å². The Balaban J connectivity index is 2.00. The molecule has 2 N–H and O–H groups in total. The van der Waals surface area contributed by atoms with Gasteiger partial charge in [-0.1, -0.05) is 0 Å². The predicted molar refractivity (Wildman–Crippen MR) is 85.1 cm³/mol. The molecule has 0 bridgehead atoms. The summed E-state index contributed by atoms with van der Waals surface area (Å²) in [5.41, 5.74) is -0.446. The van der Waals surface area contributed by atoms with Crippen LogP contribution in [0.5, 0.6) is 5.75 Å². The summed E-state index contributed by atoms with van der Waals surface area (Å²) in [7, 11) is 1.13. The molecule has 2 aliphatic carbocycles. The van der Waals surface area contributed by atoms with E-state index in [0.29, 0.717) is 0 Å². The van der Waals surface area contributed by atoms with Gasteiger partial charge in [-0.3, -0.25) is 9.79 Å². The molecular weight excluding hydrogens is 318 g/mol. The maximum Gasteiger partial charge on any atom is 0.256 e. The highest BCUT2D eigenvalue weighted by Crippen LogP contribution is 2.30. The molecule has 0 aromatic heterocycles. The van der Waals surface area contributed by atoms with Crippen LogP contribution in [0.2, 0.25) is 0 Å². The van der Waals surface area contributed by atoms with Crippen LogP contribution in [0.25, 0.3) is 5.76 Å². The molecule has 24 heavy (non-hydrogen) atoms. The standard InChI is InChI=1S/C17H18F2N2O3/c1-24-16-13(18)7-6-11(14(16)19)15(22)12(8-20-9-2-3-9)17(23)21-10-4-5-10/h6-10,22H,2-5H2,1H3,(H,21,23). The van der Waals surface area contributed by atoms with E-state index >= 15 is 0 Å². The monoisotopic (exact) mass is 336 g/mol. The average molecular weight is 336 g/mol. The number of nitrogens with one attached hydrogen (secondary N) is 1. The summed E-state index contributed by atoms with van der Waals surface area (Å²) >= 11 is 0. The van der Waals surface area contributed by atoms with E-state index in [-0.39, 0.29) is 23.2 Å². The maximum absolute atomic E-state index is 14.4. The highest BCUT2D eigenvalue weighted by molar-refractivity contribution is 6.17. The Hall–Kier alpha value is -2.44. The maximum atomic E-state index is 14.4. The summed E-state index contributed by atoms with van der Waals surface area (Å²) in [5.74, 6) is -3.68. The van der Waals surface area contributed by atoms with Crippen LogP contribution in [0.4, 0.5) is 8.78 Å². The molecule has 0 atom stereocenters. The van der Waals surface area contributed by atoms with Crippen LogP contribution in [-0.2, 0) is 4.79 Å². The van der Waals surface area contributed by atoms with Crippen LogP contribution >= 0.6 is 0 Å². The molecule has 7 heteroatoms. The van der Waals surface area contributed by atoms with Crippen molar-refractivity contribution in [1.82, 2.24) is 5.32 Å². The number of ether oxygens (including phenoxy) is 1. The number of methoxy groups -OCH3 is 1. The Labute approximate surface area is 138 Å². The molecule has 2 fully saturated rings. The predicted octanol–water partition coefficient (Wildman–Crippen LogP) is 2.75. The number of aliphatic hydroxyl groups is 1. The smallest absolute Gasteiger partial charge is 0.256 e. The van der Waals surface area contributed by atoms with E-state index in [1.807, 2.05) is 0 Å². The van der Waals surface area contributed by atoms with Gasteiger partial charge in [0.2, 0.25) is 0 Å². The molecule has 0 radical (unpaired) electrons. The number of carbonyl (C=O) groups excluding carboxylic acids is 1. The lowest BCUT2D eigenvalue weighted by molar-refractivity contribution is -0.117. The molecule has 5 nitrogen and oxygen atoms in total. The zero-order valence-corrected chi connectivity index (χ0v) is 13.2. The van der Waals surface area contributed by atoms with E-state index in [4.69, 9.17) is 0 Å². The van der Waals surface area contributed by atoms with Crippen molar-refractivity contribution < 1.29 is 23.4 Å². The third-order valence-corrected chi connectivity index (χ3v) is 3.88. The minimum Gasteiger partial charge on any atom is -0.506 e. The molecule has 1 amide bonds. The summed E-state index contributed by atoms with van der Waals surface area (Å²) < 4.78 is 32.6. The average Bonchev–Trinajstić information content (AvgIpc) is 3.43. The van der Waals surface area contributed by atoms with E-state index in [1.165, 1.54) is 6.21 Å². The quantitative estimate of drug-likeness (QED) is 0.477. The van der Waals surface area contributed by atoms with Gasteiger partial charge in [0.05, 0.1) is 24.3 Å². The number of rotatable bonds is 6. The minimum atomic E-state index is -1.06. The molecule has 128 valence electrons. The van der Waals surface area contributed by atoms with Crippen LogP contribution in [0.1, 0.15) is 31.2 Å². The van der Waals surface area contributed by atoms with Crippen molar-refractivity contribution >= 4 is 17.9 Å². The Morgan fingerprint density at radius 2 is 2.04 bits per heavy atom. The number of amides is 1. The molecule has 0 spiro atoms. The summed E-state index contributed by atoms with van der Waals surface area (Å²) in [5, 5.41) is 13.2. The Bertz CT molecular complexity index is 723. The van der Waals surface area contributed by atoms with E-state index in [0.717, 1.165) is 44.9 Å². The van der Waals surface area contributed by atoms with Gasteiger partial charge in [0.25, 0.3) is 5.91 Å². The van der Waals surface area contributed by atoms with Crippen LogP contribution in [0.15, 0.2) is 22.7 Å². The van der Waals surface area contributed by atoms with Gasteiger partial charge in [0.1, 0.15) is 5.76 Å². The fourth-order valence-corrected chi connectivity index (χ4v) is 2.17. The van der Waals surface area contributed by atoms with Gasteiger partial charge in [-0.15, -0.1) is 0 Å². The first-order valence-corrected chi connectivity index (χ1v) is 7.81. The minimum absolute atomic E-state index is 0.0715. The second-order valence-electron chi connectivity index (χ2n) is 5.96. The second kappa shape index (κ2) is 6.59. The summed E-state index contributed by atoms with van der Waals surface area (Å²) in [4.78, 5) is 16.5. The zero-order valence-electron chi connectivity index (χ0n) is 13.2. The van der Waals surface area contributed by atoms with Gasteiger partial charge in [0, 0.05) is 12.3 Å². The highest BCUT2D eigenvalue weighted by Gasteiger charge is 2.28. The fraction of sp³-hybridized carbons (Fsp3) is 0.412. The molecule has 0 heterocycles. The third kappa shape index (κ3) is 3.55. The van der Waals surface area contributed by atoms with Crippen molar-refractivity contribution in [1.29, 1.82) is 0 Å². The van der Waals surface area contributed by atoms with Crippen molar-refractivity contribution in [2.75, 3.05) is 7.11 Å². The Morgan fingerprint density at radius 1 is 1.33 bits per heavy atom. The van der Waals surface area contributed by atoms with Gasteiger partial charge >= 0.3 is 0 Å². The van der Waals surface area contributed by atoms with Gasteiger partial charge in [-0.2, -0.15) is 0 Å². The van der Waals surface area contributed by atoms with E-state index < -0.39 is 29.1 Å². The van der Waals surface area contributed by atoms with Crippen molar-refractivity contribution in [3.63, 3.8) is 0 Å². The number of aliphatic imine (C=N–C) groups is 1. The summed E-state index contributed by atoms with van der Waals surface area (Å²) in [6.45, 7) is 0. The van der Waals surface area contributed by atoms with Gasteiger partial charge in [0.15, 0.2) is 17.4 Å². The largest absolute Gasteiger partial charge is 0.506 e. The van der Waals surface area contributed by atoms with Crippen molar-refractivity contribution in [2.24, 2.45) is 4.99 Å². The topological polar surface area (TPSA) is 70.9 Å². The third-order valence-electron chi connectivity index (χ3n) is 3.88. The normalized spacial score (nSPS) is 18.5. The van der Waals surface area contributed by atoms with Gasteiger partial charge in [-0.25, -0.2) is 8.78 Å². The first-order valence-electron chi connectivity index (χ1n) is 7.81. The Morgan fingerprint density at radius 3 is 2.62 bits per heavy atom. The highest BCUT2D eigenvalue weighted by atomic mass is 19.1. The molecular formula is C17H18F2N2O3. The van der Waals surface area contributed by atoms with E-state index in [2.05, 4.69) is 15.0 Å². The number of benzene rings is 1. The lowest BCUT2D eigenvalue weighted by Gasteiger charge is -2.11. The molecule has 1 aromatic carbocycles. The molecule has 2 aliphatic rings. The molecule has 0 saturated heterocycles. The fourth-order valence-electron chi connectivity index (χ4n) is 2.17. The number of hydrogen-bond donors (Lipinski definition) is 2. The van der Waals surface area contributed by atoms with Crippen LogP contribution in [-0.4, -0.2) is 36.4 Å². The number of aliphatic hydroxyl groups excluding tert-OH is 1.